The third-order valence-corrected chi connectivity index (χ3v) is 2.56. The number of hydrogen-bond donors (Lipinski definition) is 2. The summed E-state index contributed by atoms with van der Waals surface area (Å²) in [5.41, 5.74) is 0.779. The molecule has 1 aromatic carbocycles. The van der Waals surface area contributed by atoms with Crippen LogP contribution in [0.5, 0.6) is 0 Å². The first kappa shape index (κ1) is 12.8. The van der Waals surface area contributed by atoms with Gasteiger partial charge in [0.1, 0.15) is 0 Å². The minimum Gasteiger partial charge on any atom is -0.481 e. The standard InChI is InChI=1S/C10H11BBrNO3/c11-10(16)13-8(5-9(14)15)6-1-3-7(12)4-2-6/h1-4,8H,5,11H2,(H,13,16)(H,14,15). The van der Waals surface area contributed by atoms with E-state index in [9.17, 15) is 9.59 Å². The molecular weight excluding hydrogens is 273 g/mol. The van der Waals surface area contributed by atoms with Gasteiger partial charge in [-0.05, 0) is 17.7 Å². The molecule has 1 aromatic rings. The molecule has 0 radical (unpaired) electrons. The molecule has 0 bridgehead atoms. The molecule has 1 amide bonds. The molecule has 0 saturated heterocycles. The maximum absolute atomic E-state index is 11.0. The third kappa shape index (κ3) is 4.06. The lowest BCUT2D eigenvalue weighted by Gasteiger charge is -2.16. The number of rotatable bonds is 4. The summed E-state index contributed by atoms with van der Waals surface area (Å²) in [5, 5.41) is 11.4. The molecule has 4 nitrogen and oxygen atoms in total. The number of amides is 1. The van der Waals surface area contributed by atoms with Gasteiger partial charge >= 0.3 is 5.97 Å². The van der Waals surface area contributed by atoms with Crippen molar-refractivity contribution in [1.82, 2.24) is 5.32 Å². The highest BCUT2D eigenvalue weighted by Gasteiger charge is 2.15. The van der Waals surface area contributed by atoms with E-state index in [4.69, 9.17) is 5.11 Å². The van der Waals surface area contributed by atoms with Gasteiger partial charge in [0, 0.05) is 4.47 Å². The number of benzene rings is 1. The molecule has 0 aliphatic carbocycles. The summed E-state index contributed by atoms with van der Waals surface area (Å²) in [5.74, 6) is -1.18. The van der Waals surface area contributed by atoms with Gasteiger partial charge in [-0.3, -0.25) is 9.59 Å². The second-order valence-electron chi connectivity index (χ2n) is 3.40. The molecule has 0 fully saturated rings. The van der Waals surface area contributed by atoms with Crippen LogP contribution < -0.4 is 5.32 Å². The van der Waals surface area contributed by atoms with Crippen LogP contribution >= 0.6 is 15.9 Å². The van der Waals surface area contributed by atoms with Gasteiger partial charge in [0.05, 0.1) is 12.5 Å². The predicted molar refractivity (Wildman–Crippen MR) is 66.2 cm³/mol. The van der Waals surface area contributed by atoms with Gasteiger partial charge in [-0.25, -0.2) is 0 Å². The first-order valence-electron chi connectivity index (χ1n) is 4.73. The average Bonchev–Trinajstić information content (AvgIpc) is 2.16. The van der Waals surface area contributed by atoms with E-state index >= 15 is 0 Å². The van der Waals surface area contributed by atoms with Crippen molar-refractivity contribution in [2.24, 2.45) is 0 Å². The molecule has 0 aromatic heterocycles. The molecule has 84 valence electrons. The summed E-state index contributed by atoms with van der Waals surface area (Å²) in [6, 6.07) is 6.71. The van der Waals surface area contributed by atoms with Crippen LogP contribution in [-0.2, 0) is 4.79 Å². The van der Waals surface area contributed by atoms with Crippen LogP contribution in [0.2, 0.25) is 0 Å². The van der Waals surface area contributed by atoms with Gasteiger partial charge in [-0.2, -0.15) is 0 Å². The van der Waals surface area contributed by atoms with E-state index < -0.39 is 12.0 Å². The zero-order chi connectivity index (χ0) is 12.1. The lowest BCUT2D eigenvalue weighted by Crippen LogP contribution is -2.29. The molecule has 0 aliphatic heterocycles. The van der Waals surface area contributed by atoms with Crippen LogP contribution in [0.1, 0.15) is 18.0 Å². The number of nitrogens with one attached hydrogen (secondary N) is 1. The van der Waals surface area contributed by atoms with Gasteiger partial charge in [-0.1, -0.05) is 28.1 Å². The number of carbonyl (C=O) groups excluding carboxylic acids is 1. The average molecular weight is 284 g/mol. The van der Waals surface area contributed by atoms with Crippen molar-refractivity contribution >= 4 is 35.6 Å². The fourth-order valence-corrected chi connectivity index (χ4v) is 1.63. The zero-order valence-electron chi connectivity index (χ0n) is 8.74. The Hall–Kier alpha value is -1.30. The topological polar surface area (TPSA) is 66.4 Å². The van der Waals surface area contributed by atoms with Gasteiger partial charge in [0.2, 0.25) is 7.85 Å². The quantitative estimate of drug-likeness (QED) is 0.819. The third-order valence-electron chi connectivity index (χ3n) is 2.03. The Bertz CT molecular complexity index is 378. The normalized spacial score (nSPS) is 11.8. The molecule has 0 saturated carbocycles. The van der Waals surface area contributed by atoms with E-state index in [-0.39, 0.29) is 12.2 Å². The maximum atomic E-state index is 11.0. The summed E-state index contributed by atoms with van der Waals surface area (Å²) in [7, 11) is 1.37. The summed E-state index contributed by atoms with van der Waals surface area (Å²) in [4.78, 5) is 21.6. The van der Waals surface area contributed by atoms with E-state index in [1.54, 1.807) is 12.1 Å². The monoisotopic (exact) mass is 283 g/mol. The Balaban J connectivity index is 2.86. The molecule has 1 atom stereocenters. The van der Waals surface area contributed by atoms with Crippen LogP contribution in [0.25, 0.3) is 0 Å². The SMILES string of the molecule is BC(=O)NC(CC(=O)O)c1ccc(Br)cc1. The van der Waals surface area contributed by atoms with E-state index in [2.05, 4.69) is 21.2 Å². The van der Waals surface area contributed by atoms with Gasteiger partial charge < -0.3 is 10.4 Å². The number of carbonyl (C=O) groups is 2. The van der Waals surface area contributed by atoms with Crippen LogP contribution in [0.15, 0.2) is 28.7 Å². The minimum absolute atomic E-state index is 0.124. The van der Waals surface area contributed by atoms with Gasteiger partial charge in [0.15, 0.2) is 5.81 Å². The van der Waals surface area contributed by atoms with Crippen LogP contribution in [0.3, 0.4) is 0 Å². The second kappa shape index (κ2) is 5.70. The van der Waals surface area contributed by atoms with E-state index in [1.807, 2.05) is 12.1 Å². The highest BCUT2D eigenvalue weighted by Crippen LogP contribution is 2.19. The first-order valence-corrected chi connectivity index (χ1v) is 5.52. The fourth-order valence-electron chi connectivity index (χ4n) is 1.37. The van der Waals surface area contributed by atoms with Crippen molar-refractivity contribution in [3.05, 3.63) is 34.3 Å². The van der Waals surface area contributed by atoms with E-state index in [1.165, 1.54) is 7.85 Å². The molecule has 1 unspecified atom stereocenters. The molecular formula is C10H11BBrNO3. The summed E-state index contributed by atoms with van der Waals surface area (Å²) in [6.45, 7) is 0. The molecule has 1 rings (SSSR count). The highest BCUT2D eigenvalue weighted by atomic mass is 79.9. The Kier molecular flexibility index (Phi) is 4.55. The van der Waals surface area contributed by atoms with Crippen molar-refractivity contribution < 1.29 is 14.7 Å². The van der Waals surface area contributed by atoms with E-state index in [0.29, 0.717) is 0 Å². The lowest BCUT2D eigenvalue weighted by atomic mass is 10.0. The largest absolute Gasteiger partial charge is 0.481 e. The van der Waals surface area contributed by atoms with Crippen LogP contribution in [0.4, 0.5) is 4.79 Å². The molecule has 2 N–H and O–H groups in total. The number of carboxylic acid groups (broad SMARTS) is 1. The molecule has 6 heteroatoms. The van der Waals surface area contributed by atoms with Gasteiger partial charge in [-0.15, -0.1) is 0 Å². The highest BCUT2D eigenvalue weighted by molar-refractivity contribution is 9.10. The Morgan fingerprint density at radius 3 is 2.38 bits per heavy atom. The molecule has 0 aliphatic rings. The Morgan fingerprint density at radius 1 is 1.38 bits per heavy atom. The summed E-state index contributed by atoms with van der Waals surface area (Å²) >= 11 is 3.29. The first-order chi connectivity index (χ1) is 7.49. The minimum atomic E-state index is -0.943. The predicted octanol–water partition coefficient (Wildman–Crippen LogP) is 1.31. The number of halogens is 1. The van der Waals surface area contributed by atoms with Crippen molar-refractivity contribution in [2.75, 3.05) is 0 Å². The van der Waals surface area contributed by atoms with Crippen molar-refractivity contribution in [1.29, 1.82) is 0 Å². The summed E-state index contributed by atoms with van der Waals surface area (Å²) < 4.78 is 0.910. The second-order valence-corrected chi connectivity index (χ2v) is 4.32. The fraction of sp³-hybridized carbons (Fsp3) is 0.200. The molecule has 16 heavy (non-hydrogen) atoms. The van der Waals surface area contributed by atoms with E-state index in [0.717, 1.165) is 10.0 Å². The Morgan fingerprint density at radius 2 is 1.94 bits per heavy atom. The van der Waals surface area contributed by atoms with Crippen LogP contribution in [0, 0.1) is 0 Å². The molecule has 0 spiro atoms. The molecule has 0 heterocycles. The maximum Gasteiger partial charge on any atom is 0.305 e. The Labute approximate surface area is 103 Å². The summed E-state index contributed by atoms with van der Waals surface area (Å²) in [6.07, 6.45) is -0.124. The smallest absolute Gasteiger partial charge is 0.305 e. The number of aliphatic carboxylic acids is 1. The van der Waals surface area contributed by atoms with Crippen molar-refractivity contribution in [2.45, 2.75) is 12.5 Å². The van der Waals surface area contributed by atoms with Crippen molar-refractivity contribution in [3.63, 3.8) is 0 Å². The van der Waals surface area contributed by atoms with Gasteiger partial charge in [0.25, 0.3) is 0 Å². The van der Waals surface area contributed by atoms with Crippen molar-refractivity contribution in [3.8, 4) is 0 Å². The number of hydrogen-bond acceptors (Lipinski definition) is 2. The van der Waals surface area contributed by atoms with Crippen LogP contribution in [-0.4, -0.2) is 24.7 Å². The lowest BCUT2D eigenvalue weighted by molar-refractivity contribution is -0.137. The number of carboxylic acids is 1. The zero-order valence-corrected chi connectivity index (χ0v) is 10.3.